The molecular weight excluding hydrogens is 286 g/mol. The van der Waals surface area contributed by atoms with Gasteiger partial charge in [-0.2, -0.15) is 0 Å². The summed E-state index contributed by atoms with van der Waals surface area (Å²) in [6.07, 6.45) is 5.04. The van der Waals surface area contributed by atoms with Crippen molar-refractivity contribution in [3.63, 3.8) is 0 Å². The number of hydrogen-bond acceptors (Lipinski definition) is 5. The van der Waals surface area contributed by atoms with E-state index in [4.69, 9.17) is 10.5 Å². The Balaban J connectivity index is 1.90. The van der Waals surface area contributed by atoms with Crippen molar-refractivity contribution in [1.82, 2.24) is 9.88 Å². The minimum atomic E-state index is 0.0469. The molecular formula is C15H25N3O2S. The van der Waals surface area contributed by atoms with Crippen LogP contribution in [0.5, 0.6) is 0 Å². The second kappa shape index (κ2) is 8.46. The van der Waals surface area contributed by atoms with Gasteiger partial charge >= 0.3 is 0 Å². The summed E-state index contributed by atoms with van der Waals surface area (Å²) >= 11 is 1.52. The van der Waals surface area contributed by atoms with Gasteiger partial charge in [-0.05, 0) is 32.2 Å². The van der Waals surface area contributed by atoms with E-state index in [1.54, 1.807) is 0 Å². The zero-order valence-corrected chi connectivity index (χ0v) is 13.5. The van der Waals surface area contributed by atoms with Crippen LogP contribution in [0.15, 0.2) is 5.38 Å². The Hall–Kier alpha value is -0.980. The Bertz CT molecular complexity index is 450. The molecule has 0 aromatic carbocycles. The lowest BCUT2D eigenvalue weighted by Gasteiger charge is -2.19. The highest BCUT2D eigenvalue weighted by Crippen LogP contribution is 2.18. The van der Waals surface area contributed by atoms with Gasteiger partial charge in [-0.25, -0.2) is 4.98 Å². The van der Waals surface area contributed by atoms with Gasteiger partial charge in [0, 0.05) is 31.5 Å². The van der Waals surface area contributed by atoms with Crippen molar-refractivity contribution >= 4 is 17.2 Å². The van der Waals surface area contributed by atoms with E-state index < -0.39 is 0 Å². The number of carbonyl (C=O) groups is 1. The molecule has 1 amide bonds. The van der Waals surface area contributed by atoms with Crippen LogP contribution >= 0.6 is 11.3 Å². The number of amides is 1. The van der Waals surface area contributed by atoms with Crippen molar-refractivity contribution < 1.29 is 9.53 Å². The van der Waals surface area contributed by atoms with Gasteiger partial charge in [0.05, 0.1) is 11.1 Å². The maximum Gasteiger partial charge on any atom is 0.273 e. The Labute approximate surface area is 130 Å². The van der Waals surface area contributed by atoms with Crippen LogP contribution in [0, 0.1) is 0 Å². The summed E-state index contributed by atoms with van der Waals surface area (Å²) in [6, 6.07) is 0. The van der Waals surface area contributed by atoms with Gasteiger partial charge < -0.3 is 15.4 Å². The van der Waals surface area contributed by atoms with Crippen LogP contribution in [0.2, 0.25) is 0 Å². The number of nitrogens with two attached hydrogens (primary N) is 1. The highest BCUT2D eigenvalue weighted by molar-refractivity contribution is 7.09. The molecule has 0 aliphatic carbocycles. The van der Waals surface area contributed by atoms with E-state index in [9.17, 15) is 4.79 Å². The lowest BCUT2D eigenvalue weighted by molar-refractivity contribution is 0.0432. The summed E-state index contributed by atoms with van der Waals surface area (Å²) in [4.78, 5) is 18.8. The van der Waals surface area contributed by atoms with Crippen LogP contribution in [-0.2, 0) is 11.2 Å². The maximum absolute atomic E-state index is 12.5. The summed E-state index contributed by atoms with van der Waals surface area (Å²) in [6.45, 7) is 5.06. The van der Waals surface area contributed by atoms with Crippen molar-refractivity contribution in [3.8, 4) is 0 Å². The first kappa shape index (κ1) is 16.4. The number of nitrogens with zero attached hydrogens (tertiary/aromatic N) is 2. The predicted molar refractivity (Wildman–Crippen MR) is 84.7 cm³/mol. The van der Waals surface area contributed by atoms with E-state index in [-0.39, 0.29) is 5.91 Å². The van der Waals surface area contributed by atoms with E-state index in [0.29, 0.717) is 18.3 Å². The van der Waals surface area contributed by atoms with E-state index >= 15 is 0 Å². The van der Waals surface area contributed by atoms with Crippen molar-refractivity contribution in [1.29, 1.82) is 0 Å². The molecule has 2 heterocycles. The van der Waals surface area contributed by atoms with Crippen LogP contribution in [0.4, 0.5) is 0 Å². The molecule has 1 aliphatic rings. The molecule has 1 fully saturated rings. The topological polar surface area (TPSA) is 68.5 Å². The molecule has 0 bridgehead atoms. The van der Waals surface area contributed by atoms with Crippen LogP contribution < -0.4 is 5.73 Å². The summed E-state index contributed by atoms with van der Waals surface area (Å²) < 4.78 is 5.82. The van der Waals surface area contributed by atoms with Gasteiger partial charge in [-0.1, -0.05) is 6.92 Å². The molecule has 6 heteroatoms. The largest absolute Gasteiger partial charge is 0.378 e. The first-order valence-electron chi connectivity index (χ1n) is 7.80. The normalized spacial score (nSPS) is 19.5. The number of likely N-dealkylation sites (tertiary alicyclic amines) is 1. The highest BCUT2D eigenvalue weighted by Gasteiger charge is 2.23. The average Bonchev–Trinajstić information content (AvgIpc) is 2.82. The zero-order valence-electron chi connectivity index (χ0n) is 12.7. The van der Waals surface area contributed by atoms with Gasteiger partial charge in [-0.3, -0.25) is 4.79 Å². The molecule has 1 unspecified atom stereocenters. The molecule has 0 saturated carbocycles. The van der Waals surface area contributed by atoms with Crippen molar-refractivity contribution in [2.24, 2.45) is 5.73 Å². The molecule has 5 nitrogen and oxygen atoms in total. The lowest BCUT2D eigenvalue weighted by Crippen LogP contribution is -2.32. The lowest BCUT2D eigenvalue weighted by atomic mass is 10.2. The monoisotopic (exact) mass is 311 g/mol. The Morgan fingerprint density at radius 1 is 1.52 bits per heavy atom. The van der Waals surface area contributed by atoms with Gasteiger partial charge in [0.1, 0.15) is 5.69 Å². The van der Waals surface area contributed by atoms with Crippen molar-refractivity contribution in [2.45, 2.75) is 45.1 Å². The molecule has 1 aromatic rings. The summed E-state index contributed by atoms with van der Waals surface area (Å²) in [5.41, 5.74) is 6.09. The van der Waals surface area contributed by atoms with Crippen molar-refractivity contribution in [3.05, 3.63) is 16.1 Å². The van der Waals surface area contributed by atoms with E-state index in [0.717, 1.165) is 56.8 Å². The molecule has 1 saturated heterocycles. The zero-order chi connectivity index (χ0) is 15.1. The fourth-order valence-electron chi connectivity index (χ4n) is 2.53. The SMILES string of the molecule is CCCOC1CCCN(C(=O)c2csc(CCN)n2)CC1. The predicted octanol–water partition coefficient (Wildman–Crippen LogP) is 2.07. The smallest absolute Gasteiger partial charge is 0.273 e. The number of hydrogen-bond donors (Lipinski definition) is 1. The number of rotatable bonds is 6. The van der Waals surface area contributed by atoms with Crippen molar-refractivity contribution in [2.75, 3.05) is 26.2 Å². The standard InChI is InChI=1S/C15H25N3O2S/c1-2-10-20-12-4-3-8-18(9-6-12)15(19)13-11-21-14(17-13)5-7-16/h11-12H,2-10,16H2,1H3. The molecule has 1 aromatic heterocycles. The first-order valence-corrected chi connectivity index (χ1v) is 8.68. The van der Waals surface area contributed by atoms with Gasteiger partial charge in [-0.15, -0.1) is 11.3 Å². The minimum absolute atomic E-state index is 0.0469. The van der Waals surface area contributed by atoms with Gasteiger partial charge in [0.25, 0.3) is 5.91 Å². The molecule has 1 atom stereocenters. The fourth-order valence-corrected chi connectivity index (χ4v) is 3.32. The first-order chi connectivity index (χ1) is 10.2. The second-order valence-corrected chi connectivity index (χ2v) is 6.32. The molecule has 118 valence electrons. The second-order valence-electron chi connectivity index (χ2n) is 5.38. The Morgan fingerprint density at radius 3 is 3.14 bits per heavy atom. The van der Waals surface area contributed by atoms with Crippen LogP contribution in [-0.4, -0.2) is 48.1 Å². The fraction of sp³-hybridized carbons (Fsp3) is 0.733. The summed E-state index contributed by atoms with van der Waals surface area (Å²) in [5.74, 6) is 0.0469. The van der Waals surface area contributed by atoms with E-state index in [1.165, 1.54) is 11.3 Å². The third-order valence-corrected chi connectivity index (χ3v) is 4.56. The summed E-state index contributed by atoms with van der Waals surface area (Å²) in [5, 5.41) is 2.79. The van der Waals surface area contributed by atoms with Crippen LogP contribution in [0.3, 0.4) is 0 Å². The molecule has 0 radical (unpaired) electrons. The third-order valence-electron chi connectivity index (χ3n) is 3.65. The molecule has 2 rings (SSSR count). The van der Waals surface area contributed by atoms with E-state index in [1.807, 2.05) is 10.3 Å². The van der Waals surface area contributed by atoms with Crippen LogP contribution in [0.25, 0.3) is 0 Å². The molecule has 21 heavy (non-hydrogen) atoms. The number of carbonyl (C=O) groups excluding carboxylic acids is 1. The quantitative estimate of drug-likeness (QED) is 0.873. The highest BCUT2D eigenvalue weighted by atomic mass is 32.1. The Morgan fingerprint density at radius 2 is 2.38 bits per heavy atom. The Kier molecular flexibility index (Phi) is 6.60. The summed E-state index contributed by atoms with van der Waals surface area (Å²) in [7, 11) is 0. The van der Waals surface area contributed by atoms with Crippen LogP contribution in [0.1, 0.15) is 48.1 Å². The van der Waals surface area contributed by atoms with E-state index in [2.05, 4.69) is 11.9 Å². The van der Waals surface area contributed by atoms with Gasteiger partial charge in [0.2, 0.25) is 0 Å². The number of aromatic nitrogens is 1. The number of thiazole rings is 1. The minimum Gasteiger partial charge on any atom is -0.378 e. The molecule has 1 aliphatic heterocycles. The average molecular weight is 311 g/mol. The molecule has 2 N–H and O–H groups in total. The number of ether oxygens (including phenoxy) is 1. The third kappa shape index (κ3) is 4.76. The van der Waals surface area contributed by atoms with Gasteiger partial charge in [0.15, 0.2) is 0 Å². The maximum atomic E-state index is 12.5. The molecule has 0 spiro atoms.